The molecule has 0 aliphatic carbocycles. The van der Waals surface area contributed by atoms with Crippen LogP contribution in [-0.4, -0.2) is 49.7 Å². The SMILES string of the molecule is CCCCCCCCCC1=N[C@H](CN2CCOCC2)[C@@H](c2ccccc2)O1. The third-order valence-corrected chi connectivity index (χ3v) is 5.59. The molecule has 1 aromatic carbocycles. The van der Waals surface area contributed by atoms with Crippen LogP contribution in [0, 0.1) is 0 Å². The molecule has 4 heteroatoms. The van der Waals surface area contributed by atoms with Gasteiger partial charge in [0.25, 0.3) is 0 Å². The number of hydrogen-bond acceptors (Lipinski definition) is 4. The Kier molecular flexibility index (Phi) is 8.63. The molecule has 0 amide bonds. The van der Waals surface area contributed by atoms with Gasteiger partial charge in [0.15, 0.2) is 5.90 Å². The molecular weight excluding hydrogens is 336 g/mol. The summed E-state index contributed by atoms with van der Waals surface area (Å²) in [6.45, 7) is 6.90. The third-order valence-electron chi connectivity index (χ3n) is 5.59. The molecule has 1 saturated heterocycles. The zero-order valence-electron chi connectivity index (χ0n) is 16.9. The minimum atomic E-state index is 0.0635. The lowest BCUT2D eigenvalue weighted by Crippen LogP contribution is -2.41. The third kappa shape index (κ3) is 6.62. The van der Waals surface area contributed by atoms with Crippen LogP contribution >= 0.6 is 0 Å². The van der Waals surface area contributed by atoms with E-state index >= 15 is 0 Å². The van der Waals surface area contributed by atoms with Crippen LogP contribution < -0.4 is 0 Å². The van der Waals surface area contributed by atoms with Crippen LogP contribution in [-0.2, 0) is 9.47 Å². The van der Waals surface area contributed by atoms with Gasteiger partial charge < -0.3 is 9.47 Å². The van der Waals surface area contributed by atoms with Gasteiger partial charge in [-0.1, -0.05) is 75.8 Å². The number of unbranched alkanes of at least 4 members (excludes halogenated alkanes) is 6. The molecular formula is C23H36N2O2. The first kappa shape index (κ1) is 20.3. The van der Waals surface area contributed by atoms with Gasteiger partial charge in [0, 0.05) is 26.1 Å². The van der Waals surface area contributed by atoms with Gasteiger partial charge >= 0.3 is 0 Å². The summed E-state index contributed by atoms with van der Waals surface area (Å²) < 4.78 is 11.8. The summed E-state index contributed by atoms with van der Waals surface area (Å²) >= 11 is 0. The van der Waals surface area contributed by atoms with Crippen molar-refractivity contribution < 1.29 is 9.47 Å². The molecule has 3 rings (SSSR count). The number of hydrogen-bond donors (Lipinski definition) is 0. The van der Waals surface area contributed by atoms with Crippen LogP contribution in [0.3, 0.4) is 0 Å². The van der Waals surface area contributed by atoms with Crippen molar-refractivity contribution in [2.24, 2.45) is 4.99 Å². The molecule has 1 fully saturated rings. The van der Waals surface area contributed by atoms with Crippen molar-refractivity contribution in [3.63, 3.8) is 0 Å². The molecule has 27 heavy (non-hydrogen) atoms. The highest BCUT2D eigenvalue weighted by Gasteiger charge is 2.33. The van der Waals surface area contributed by atoms with Crippen molar-refractivity contribution in [2.75, 3.05) is 32.8 Å². The Balaban J connectivity index is 1.50. The molecule has 0 N–H and O–H groups in total. The number of rotatable bonds is 11. The Hall–Kier alpha value is -1.39. The molecule has 0 unspecified atom stereocenters. The van der Waals surface area contributed by atoms with E-state index in [2.05, 4.69) is 42.2 Å². The molecule has 2 heterocycles. The second-order valence-corrected chi connectivity index (χ2v) is 7.82. The topological polar surface area (TPSA) is 34.1 Å². The summed E-state index contributed by atoms with van der Waals surface area (Å²) in [5, 5.41) is 0. The molecule has 0 radical (unpaired) electrons. The van der Waals surface area contributed by atoms with E-state index in [-0.39, 0.29) is 12.1 Å². The summed E-state index contributed by atoms with van der Waals surface area (Å²) in [5.41, 5.74) is 1.24. The van der Waals surface area contributed by atoms with Crippen molar-refractivity contribution in [3.05, 3.63) is 35.9 Å². The fourth-order valence-corrected chi connectivity index (χ4v) is 3.98. The number of nitrogens with zero attached hydrogens (tertiary/aromatic N) is 2. The molecule has 0 bridgehead atoms. The lowest BCUT2D eigenvalue weighted by Gasteiger charge is -2.29. The van der Waals surface area contributed by atoms with Gasteiger partial charge in [-0.25, -0.2) is 4.99 Å². The van der Waals surface area contributed by atoms with Crippen molar-refractivity contribution in [2.45, 2.75) is 70.4 Å². The van der Waals surface area contributed by atoms with E-state index in [4.69, 9.17) is 14.5 Å². The number of aliphatic imine (C=N–C) groups is 1. The highest BCUT2D eigenvalue weighted by molar-refractivity contribution is 5.78. The van der Waals surface area contributed by atoms with E-state index in [1.807, 2.05) is 0 Å². The van der Waals surface area contributed by atoms with Crippen molar-refractivity contribution in [1.29, 1.82) is 0 Å². The van der Waals surface area contributed by atoms with Gasteiger partial charge in [-0.15, -0.1) is 0 Å². The lowest BCUT2D eigenvalue weighted by molar-refractivity contribution is 0.0298. The van der Waals surface area contributed by atoms with Crippen LogP contribution in [0.1, 0.15) is 70.0 Å². The van der Waals surface area contributed by atoms with Crippen LogP contribution in [0.5, 0.6) is 0 Å². The van der Waals surface area contributed by atoms with Gasteiger partial charge in [0.1, 0.15) is 12.1 Å². The molecule has 0 spiro atoms. The van der Waals surface area contributed by atoms with Gasteiger partial charge in [-0.3, -0.25) is 4.90 Å². The average Bonchev–Trinajstić information content (AvgIpc) is 3.11. The van der Waals surface area contributed by atoms with Crippen molar-refractivity contribution in [1.82, 2.24) is 4.90 Å². The highest BCUT2D eigenvalue weighted by Crippen LogP contribution is 2.31. The molecule has 4 nitrogen and oxygen atoms in total. The molecule has 2 aliphatic rings. The van der Waals surface area contributed by atoms with Gasteiger partial charge in [0.05, 0.1) is 13.2 Å². The van der Waals surface area contributed by atoms with E-state index < -0.39 is 0 Å². The Morgan fingerprint density at radius 3 is 2.41 bits per heavy atom. The van der Waals surface area contributed by atoms with E-state index in [1.165, 1.54) is 50.5 Å². The fourth-order valence-electron chi connectivity index (χ4n) is 3.98. The van der Waals surface area contributed by atoms with Crippen LogP contribution in [0.4, 0.5) is 0 Å². The standard InChI is InChI=1S/C23H36N2O2/c1-2-3-4-5-6-7-11-14-22-24-21(19-25-15-17-26-18-16-25)23(27-22)20-12-9-8-10-13-20/h8-10,12-13,21,23H,2-7,11,14-19H2,1H3/t21-,23-/m1/s1. The fraction of sp³-hybridized carbons (Fsp3) is 0.696. The van der Waals surface area contributed by atoms with Gasteiger partial charge in [-0.05, 0) is 12.0 Å². The summed E-state index contributed by atoms with van der Waals surface area (Å²) in [7, 11) is 0. The highest BCUT2D eigenvalue weighted by atomic mass is 16.5. The Labute approximate surface area is 165 Å². The normalized spacial score (nSPS) is 23.2. The second-order valence-electron chi connectivity index (χ2n) is 7.82. The summed E-state index contributed by atoms with van der Waals surface area (Å²) in [6, 6.07) is 10.8. The van der Waals surface area contributed by atoms with Gasteiger partial charge in [0.2, 0.25) is 0 Å². The monoisotopic (exact) mass is 372 g/mol. The second kappa shape index (κ2) is 11.5. The molecule has 0 aromatic heterocycles. The lowest BCUT2D eigenvalue weighted by atomic mass is 10.0. The predicted molar refractivity (Wildman–Crippen MR) is 111 cm³/mol. The maximum atomic E-state index is 6.34. The first-order chi connectivity index (χ1) is 13.4. The maximum absolute atomic E-state index is 6.34. The minimum Gasteiger partial charge on any atom is -0.471 e. The van der Waals surface area contributed by atoms with Crippen LogP contribution in [0.15, 0.2) is 35.3 Å². The van der Waals surface area contributed by atoms with E-state index in [0.717, 1.165) is 45.2 Å². The van der Waals surface area contributed by atoms with Gasteiger partial charge in [-0.2, -0.15) is 0 Å². The first-order valence-electron chi connectivity index (χ1n) is 10.9. The largest absolute Gasteiger partial charge is 0.471 e. The number of benzene rings is 1. The summed E-state index contributed by atoms with van der Waals surface area (Å²) in [5.74, 6) is 0.968. The summed E-state index contributed by atoms with van der Waals surface area (Å²) in [4.78, 5) is 7.47. The molecule has 0 saturated carbocycles. The van der Waals surface area contributed by atoms with Crippen molar-refractivity contribution >= 4 is 5.90 Å². The van der Waals surface area contributed by atoms with E-state index in [9.17, 15) is 0 Å². The first-order valence-corrected chi connectivity index (χ1v) is 10.9. The Bertz CT molecular complexity index is 555. The molecule has 2 aliphatic heterocycles. The van der Waals surface area contributed by atoms with Crippen LogP contribution in [0.2, 0.25) is 0 Å². The average molecular weight is 373 g/mol. The van der Waals surface area contributed by atoms with E-state index in [0.29, 0.717) is 0 Å². The minimum absolute atomic E-state index is 0.0635. The quantitative estimate of drug-likeness (QED) is 0.513. The van der Waals surface area contributed by atoms with Crippen molar-refractivity contribution in [3.8, 4) is 0 Å². The van der Waals surface area contributed by atoms with E-state index in [1.54, 1.807) is 0 Å². The zero-order chi connectivity index (χ0) is 18.7. The molecule has 150 valence electrons. The Morgan fingerprint density at radius 2 is 1.67 bits per heavy atom. The van der Waals surface area contributed by atoms with Crippen LogP contribution in [0.25, 0.3) is 0 Å². The molecule has 2 atom stereocenters. The zero-order valence-corrected chi connectivity index (χ0v) is 16.9. The smallest absolute Gasteiger partial charge is 0.184 e. The summed E-state index contributed by atoms with van der Waals surface area (Å²) in [6.07, 6.45) is 10.3. The number of morpholine rings is 1. The number of ether oxygens (including phenoxy) is 2. The Morgan fingerprint density at radius 1 is 0.963 bits per heavy atom. The predicted octanol–water partition coefficient (Wildman–Crippen LogP) is 5.00. The molecule has 1 aromatic rings. The maximum Gasteiger partial charge on any atom is 0.184 e.